The molecule has 0 aromatic heterocycles. The first-order chi connectivity index (χ1) is 7.24. The molecule has 1 rings (SSSR count). The first kappa shape index (κ1) is 13.0. The number of hydrogen-bond donors (Lipinski definition) is 0. The quantitative estimate of drug-likeness (QED) is 0.776. The standard InChI is InChI=1S/C8H5ClF3NO2S/c9-7(6-4-2-1-3-5-6)13-16(14,15)8(10,11)12/h1-5H/b13-7-. The molecule has 0 saturated carbocycles. The van der Waals surface area contributed by atoms with Crippen LogP contribution in [0.15, 0.2) is 34.7 Å². The first-order valence-corrected chi connectivity index (χ1v) is 5.68. The van der Waals surface area contributed by atoms with Gasteiger partial charge < -0.3 is 0 Å². The van der Waals surface area contributed by atoms with Gasteiger partial charge >= 0.3 is 15.5 Å². The summed E-state index contributed by atoms with van der Waals surface area (Å²) in [4.78, 5) is 0. The van der Waals surface area contributed by atoms with Crippen LogP contribution in [0.5, 0.6) is 0 Å². The van der Waals surface area contributed by atoms with Gasteiger partial charge in [-0.1, -0.05) is 41.9 Å². The zero-order chi connectivity index (χ0) is 12.4. The second kappa shape index (κ2) is 4.42. The van der Waals surface area contributed by atoms with Gasteiger partial charge in [-0.05, 0) is 0 Å². The van der Waals surface area contributed by atoms with Crippen molar-refractivity contribution in [3.05, 3.63) is 35.9 Å². The molecule has 0 aliphatic heterocycles. The van der Waals surface area contributed by atoms with E-state index in [0.29, 0.717) is 0 Å². The highest BCUT2D eigenvalue weighted by Crippen LogP contribution is 2.25. The van der Waals surface area contributed by atoms with Crippen molar-refractivity contribution in [2.24, 2.45) is 4.40 Å². The minimum atomic E-state index is -5.59. The molecule has 0 saturated heterocycles. The Balaban J connectivity index is 3.13. The highest BCUT2D eigenvalue weighted by atomic mass is 35.5. The number of nitrogens with zero attached hydrogens (tertiary/aromatic N) is 1. The van der Waals surface area contributed by atoms with E-state index < -0.39 is 20.7 Å². The molecule has 16 heavy (non-hydrogen) atoms. The summed E-state index contributed by atoms with van der Waals surface area (Å²) in [5, 5.41) is -0.724. The molecule has 0 amide bonds. The normalized spacial score (nSPS) is 13.9. The van der Waals surface area contributed by atoms with Crippen molar-refractivity contribution >= 4 is 26.8 Å². The maximum Gasteiger partial charge on any atom is 0.518 e. The van der Waals surface area contributed by atoms with Crippen LogP contribution in [-0.2, 0) is 10.0 Å². The Morgan fingerprint density at radius 2 is 1.69 bits per heavy atom. The lowest BCUT2D eigenvalue weighted by Gasteiger charge is -2.03. The molecule has 0 aliphatic carbocycles. The third kappa shape index (κ3) is 2.96. The smallest absolute Gasteiger partial charge is 0.195 e. The molecule has 0 N–H and O–H groups in total. The second-order valence-corrected chi connectivity index (χ2v) is 4.62. The van der Waals surface area contributed by atoms with E-state index in [4.69, 9.17) is 11.6 Å². The Bertz CT molecular complexity index is 496. The maximum absolute atomic E-state index is 12.0. The number of sulfonamides is 1. The molecule has 3 nitrogen and oxygen atoms in total. The van der Waals surface area contributed by atoms with Crippen molar-refractivity contribution in [1.82, 2.24) is 0 Å². The van der Waals surface area contributed by atoms with Crippen LogP contribution in [0.3, 0.4) is 0 Å². The number of alkyl halides is 3. The van der Waals surface area contributed by atoms with Crippen LogP contribution in [0.4, 0.5) is 13.2 Å². The van der Waals surface area contributed by atoms with Crippen molar-refractivity contribution in [1.29, 1.82) is 0 Å². The van der Waals surface area contributed by atoms with E-state index in [9.17, 15) is 21.6 Å². The SMILES string of the molecule is O=S(=O)(/N=C(\Cl)c1ccccc1)C(F)(F)F. The molecule has 0 heterocycles. The van der Waals surface area contributed by atoms with Crippen LogP contribution in [0, 0.1) is 0 Å². The van der Waals surface area contributed by atoms with Gasteiger partial charge in [0.25, 0.3) is 0 Å². The van der Waals surface area contributed by atoms with Crippen LogP contribution in [0.25, 0.3) is 0 Å². The van der Waals surface area contributed by atoms with Crippen molar-refractivity contribution in [3.8, 4) is 0 Å². The molecule has 8 heteroatoms. The van der Waals surface area contributed by atoms with E-state index in [1.165, 1.54) is 24.3 Å². The minimum Gasteiger partial charge on any atom is -0.195 e. The van der Waals surface area contributed by atoms with Gasteiger partial charge in [0.2, 0.25) is 0 Å². The van der Waals surface area contributed by atoms with Crippen molar-refractivity contribution < 1.29 is 21.6 Å². The van der Waals surface area contributed by atoms with Crippen LogP contribution in [0.1, 0.15) is 5.56 Å². The topological polar surface area (TPSA) is 46.5 Å². The van der Waals surface area contributed by atoms with Gasteiger partial charge in [-0.3, -0.25) is 0 Å². The molecule has 0 radical (unpaired) electrons. The summed E-state index contributed by atoms with van der Waals surface area (Å²) >= 11 is 5.37. The summed E-state index contributed by atoms with van der Waals surface area (Å²) in [5.41, 5.74) is -5.35. The van der Waals surface area contributed by atoms with Crippen LogP contribution in [-0.4, -0.2) is 19.1 Å². The third-order valence-corrected chi connectivity index (χ3v) is 2.92. The zero-order valence-electron chi connectivity index (χ0n) is 7.57. The molecule has 88 valence electrons. The number of halogens is 4. The van der Waals surface area contributed by atoms with Gasteiger partial charge in [0.15, 0.2) is 0 Å². The number of rotatable bonds is 2. The van der Waals surface area contributed by atoms with Crippen molar-refractivity contribution in [2.75, 3.05) is 0 Å². The van der Waals surface area contributed by atoms with Crippen LogP contribution in [0.2, 0.25) is 0 Å². The fraction of sp³-hybridized carbons (Fsp3) is 0.125. The minimum absolute atomic E-state index is 0.0944. The molecule has 0 spiro atoms. The molecule has 0 aliphatic rings. The maximum atomic E-state index is 12.0. The average Bonchev–Trinajstić information content (AvgIpc) is 2.16. The molecule has 1 aromatic rings. The third-order valence-electron chi connectivity index (χ3n) is 1.50. The largest absolute Gasteiger partial charge is 0.518 e. The Morgan fingerprint density at radius 3 is 2.12 bits per heavy atom. The second-order valence-electron chi connectivity index (χ2n) is 2.67. The summed E-state index contributed by atoms with van der Waals surface area (Å²) < 4.78 is 59.6. The summed E-state index contributed by atoms with van der Waals surface area (Å²) in [7, 11) is -5.59. The number of hydrogen-bond acceptors (Lipinski definition) is 2. The highest BCUT2D eigenvalue weighted by molar-refractivity contribution is 7.91. The monoisotopic (exact) mass is 271 g/mol. The zero-order valence-corrected chi connectivity index (χ0v) is 9.14. The fourth-order valence-corrected chi connectivity index (χ4v) is 1.60. The lowest BCUT2D eigenvalue weighted by atomic mass is 10.2. The van der Waals surface area contributed by atoms with E-state index >= 15 is 0 Å². The summed E-state index contributed by atoms with van der Waals surface area (Å²) in [5.74, 6) is 0. The van der Waals surface area contributed by atoms with Crippen molar-refractivity contribution in [2.45, 2.75) is 5.51 Å². The van der Waals surface area contributed by atoms with E-state index in [0.717, 1.165) is 0 Å². The van der Waals surface area contributed by atoms with Crippen LogP contribution < -0.4 is 0 Å². The van der Waals surface area contributed by atoms with Gasteiger partial charge in [0, 0.05) is 5.56 Å². The van der Waals surface area contributed by atoms with E-state index in [1.54, 1.807) is 6.07 Å². The summed E-state index contributed by atoms with van der Waals surface area (Å²) in [6, 6.07) is 7.28. The van der Waals surface area contributed by atoms with Gasteiger partial charge in [-0.15, -0.1) is 4.40 Å². The lowest BCUT2D eigenvalue weighted by molar-refractivity contribution is -0.0435. The van der Waals surface area contributed by atoms with Gasteiger partial charge in [-0.25, -0.2) is 0 Å². The van der Waals surface area contributed by atoms with Gasteiger partial charge in [0.05, 0.1) is 0 Å². The fourth-order valence-electron chi connectivity index (χ4n) is 0.786. The predicted molar refractivity (Wildman–Crippen MR) is 53.8 cm³/mol. The summed E-state index contributed by atoms with van der Waals surface area (Å²) in [6.07, 6.45) is 0. The molecule has 0 bridgehead atoms. The Hall–Kier alpha value is -1.08. The Kier molecular flexibility index (Phi) is 3.59. The molecule has 0 unspecified atom stereocenters. The van der Waals surface area contributed by atoms with E-state index in [-0.39, 0.29) is 5.56 Å². The average molecular weight is 272 g/mol. The first-order valence-electron chi connectivity index (χ1n) is 3.86. The van der Waals surface area contributed by atoms with Gasteiger partial charge in [0.1, 0.15) is 5.17 Å². The molecule has 0 atom stereocenters. The van der Waals surface area contributed by atoms with E-state index in [1.807, 2.05) is 0 Å². The molecule has 1 aromatic carbocycles. The van der Waals surface area contributed by atoms with Gasteiger partial charge in [-0.2, -0.15) is 21.6 Å². The van der Waals surface area contributed by atoms with Crippen LogP contribution >= 0.6 is 11.6 Å². The Labute approximate surface area is 94.6 Å². The highest BCUT2D eigenvalue weighted by Gasteiger charge is 2.46. The van der Waals surface area contributed by atoms with E-state index in [2.05, 4.69) is 4.40 Å². The molecular weight excluding hydrogens is 267 g/mol. The predicted octanol–water partition coefficient (Wildman–Crippen LogP) is 2.52. The molecule has 0 fully saturated rings. The number of benzene rings is 1. The Morgan fingerprint density at radius 1 is 1.19 bits per heavy atom. The lowest BCUT2D eigenvalue weighted by Crippen LogP contribution is -2.21. The van der Waals surface area contributed by atoms with Crippen molar-refractivity contribution in [3.63, 3.8) is 0 Å². The summed E-state index contributed by atoms with van der Waals surface area (Å²) in [6.45, 7) is 0. The molecular formula is C8H5ClF3NO2S.